The van der Waals surface area contributed by atoms with Gasteiger partial charge in [0.25, 0.3) is 0 Å². The summed E-state index contributed by atoms with van der Waals surface area (Å²) in [6.07, 6.45) is 7.41. The molecule has 0 aliphatic heterocycles. The molecule has 2 aromatic rings. The van der Waals surface area contributed by atoms with Gasteiger partial charge in [0.05, 0.1) is 24.3 Å². The summed E-state index contributed by atoms with van der Waals surface area (Å²) >= 11 is 1.71. The Morgan fingerprint density at radius 3 is 3.12 bits per heavy atom. The quantitative estimate of drug-likeness (QED) is 0.883. The molecule has 1 fully saturated rings. The highest BCUT2D eigenvalue weighted by atomic mass is 32.1. The van der Waals surface area contributed by atoms with E-state index in [0.29, 0.717) is 6.04 Å². The molecule has 1 aliphatic carbocycles. The summed E-state index contributed by atoms with van der Waals surface area (Å²) in [6.45, 7) is 0. The molecule has 2 aromatic heterocycles. The minimum atomic E-state index is -0.391. The van der Waals surface area contributed by atoms with Gasteiger partial charge >= 0.3 is 0 Å². The fraction of sp³-hybridized carbons (Fsp3) is 0.462. The number of hydrogen-bond donors (Lipinski definition) is 1. The van der Waals surface area contributed by atoms with Crippen LogP contribution in [0.2, 0.25) is 0 Å². The average Bonchev–Trinajstić information content (AvgIpc) is 2.88. The molecule has 0 radical (unpaired) electrons. The monoisotopic (exact) mass is 248 g/mol. The van der Waals surface area contributed by atoms with Gasteiger partial charge in [0.2, 0.25) is 0 Å². The van der Waals surface area contributed by atoms with Crippen LogP contribution in [0.25, 0.3) is 0 Å². The van der Waals surface area contributed by atoms with Crippen molar-refractivity contribution in [3.8, 4) is 0 Å². The van der Waals surface area contributed by atoms with Crippen LogP contribution in [-0.2, 0) is 6.42 Å². The van der Waals surface area contributed by atoms with Crippen LogP contribution in [0.1, 0.15) is 42.7 Å². The van der Waals surface area contributed by atoms with Gasteiger partial charge in [-0.05, 0) is 48.1 Å². The predicted molar refractivity (Wildman–Crippen MR) is 68.1 cm³/mol. The number of thiophene rings is 1. The third-order valence-corrected chi connectivity index (χ3v) is 4.00. The maximum atomic E-state index is 10.2. The van der Waals surface area contributed by atoms with Gasteiger partial charge in [-0.3, -0.25) is 0 Å². The first kappa shape index (κ1) is 11.0. The second-order valence-electron chi connectivity index (χ2n) is 4.64. The number of hydrogen-bond acceptors (Lipinski definition) is 3. The molecule has 1 saturated carbocycles. The first-order valence-corrected chi connectivity index (χ1v) is 7.00. The second-order valence-corrected chi connectivity index (χ2v) is 5.42. The van der Waals surface area contributed by atoms with Crippen molar-refractivity contribution < 1.29 is 5.11 Å². The van der Waals surface area contributed by atoms with Crippen LogP contribution in [0.4, 0.5) is 0 Å². The summed E-state index contributed by atoms with van der Waals surface area (Å²) < 4.78 is 2.14. The minimum Gasteiger partial charge on any atom is -0.387 e. The zero-order valence-corrected chi connectivity index (χ0v) is 10.4. The number of aromatic nitrogens is 2. The number of nitrogens with zero attached hydrogens (tertiary/aromatic N) is 2. The summed E-state index contributed by atoms with van der Waals surface area (Å²) in [6, 6.07) is 2.71. The van der Waals surface area contributed by atoms with Gasteiger partial charge in [0.15, 0.2) is 0 Å². The van der Waals surface area contributed by atoms with Crippen LogP contribution < -0.4 is 0 Å². The van der Waals surface area contributed by atoms with E-state index in [1.54, 1.807) is 17.5 Å². The Bertz CT molecular complexity index is 473. The topological polar surface area (TPSA) is 38.1 Å². The van der Waals surface area contributed by atoms with Gasteiger partial charge in [-0.25, -0.2) is 4.98 Å². The highest BCUT2D eigenvalue weighted by molar-refractivity contribution is 7.07. The second kappa shape index (κ2) is 4.63. The van der Waals surface area contributed by atoms with Gasteiger partial charge in [-0.15, -0.1) is 0 Å². The van der Waals surface area contributed by atoms with Crippen molar-refractivity contribution in [2.75, 3.05) is 0 Å². The smallest absolute Gasteiger partial charge is 0.0959 e. The van der Waals surface area contributed by atoms with Crippen LogP contribution in [-0.4, -0.2) is 14.7 Å². The summed E-state index contributed by atoms with van der Waals surface area (Å²) in [4.78, 5) is 4.15. The van der Waals surface area contributed by atoms with E-state index in [0.717, 1.165) is 18.5 Å². The molecule has 0 spiro atoms. The van der Waals surface area contributed by atoms with Gasteiger partial charge in [0.1, 0.15) is 0 Å². The molecule has 0 amide bonds. The Labute approximate surface area is 105 Å². The molecule has 3 rings (SSSR count). The molecule has 4 heteroatoms. The first-order valence-electron chi connectivity index (χ1n) is 6.05. The van der Waals surface area contributed by atoms with Crippen LogP contribution in [0, 0.1) is 0 Å². The van der Waals surface area contributed by atoms with E-state index >= 15 is 0 Å². The normalized spacial score (nSPS) is 17.2. The standard InChI is InChI=1S/C13H16N2OS/c16-13(4-1-10-5-6-17-8-10)12-7-14-9-15(12)11-2-3-11/h5-9,11,13,16H,1-4H2. The minimum absolute atomic E-state index is 0.391. The molecule has 0 aromatic carbocycles. The Morgan fingerprint density at radius 1 is 1.53 bits per heavy atom. The van der Waals surface area contributed by atoms with E-state index in [1.807, 2.05) is 6.33 Å². The number of rotatable bonds is 5. The van der Waals surface area contributed by atoms with E-state index in [1.165, 1.54) is 18.4 Å². The Hall–Kier alpha value is -1.13. The summed E-state index contributed by atoms with van der Waals surface area (Å²) in [5.41, 5.74) is 2.29. The van der Waals surface area contributed by atoms with E-state index in [9.17, 15) is 5.11 Å². The molecule has 17 heavy (non-hydrogen) atoms. The molecule has 2 heterocycles. The van der Waals surface area contributed by atoms with Gasteiger partial charge < -0.3 is 9.67 Å². The zero-order chi connectivity index (χ0) is 11.7. The summed E-state index contributed by atoms with van der Waals surface area (Å²) in [7, 11) is 0. The van der Waals surface area contributed by atoms with Gasteiger partial charge in [0, 0.05) is 6.04 Å². The van der Waals surface area contributed by atoms with E-state index in [-0.39, 0.29) is 0 Å². The molecule has 0 bridgehead atoms. The van der Waals surface area contributed by atoms with Crippen LogP contribution in [0.3, 0.4) is 0 Å². The fourth-order valence-corrected chi connectivity index (χ4v) is 2.82. The lowest BCUT2D eigenvalue weighted by molar-refractivity contribution is 0.158. The predicted octanol–water partition coefficient (Wildman–Crippen LogP) is 2.95. The van der Waals surface area contributed by atoms with Crippen molar-refractivity contribution in [2.45, 2.75) is 37.8 Å². The summed E-state index contributed by atoms with van der Waals surface area (Å²) in [5, 5.41) is 14.4. The number of aryl methyl sites for hydroxylation is 1. The highest BCUT2D eigenvalue weighted by Gasteiger charge is 2.27. The average molecular weight is 248 g/mol. The van der Waals surface area contributed by atoms with Crippen molar-refractivity contribution in [2.24, 2.45) is 0 Å². The molecule has 1 atom stereocenters. The molecule has 3 nitrogen and oxygen atoms in total. The van der Waals surface area contributed by atoms with E-state index < -0.39 is 6.10 Å². The molecule has 0 saturated heterocycles. The molecule has 1 unspecified atom stereocenters. The van der Waals surface area contributed by atoms with Crippen LogP contribution in [0.5, 0.6) is 0 Å². The molecule has 1 N–H and O–H groups in total. The lowest BCUT2D eigenvalue weighted by Crippen LogP contribution is -2.06. The molecular formula is C13H16N2OS. The Morgan fingerprint density at radius 2 is 2.41 bits per heavy atom. The van der Waals surface area contributed by atoms with Crippen molar-refractivity contribution in [3.63, 3.8) is 0 Å². The fourth-order valence-electron chi connectivity index (χ4n) is 2.12. The molecule has 1 aliphatic rings. The van der Waals surface area contributed by atoms with Crippen molar-refractivity contribution in [1.82, 2.24) is 9.55 Å². The Kier molecular flexibility index (Phi) is 2.99. The lowest BCUT2D eigenvalue weighted by Gasteiger charge is -2.12. The molecular weight excluding hydrogens is 232 g/mol. The Balaban J connectivity index is 1.64. The van der Waals surface area contributed by atoms with Gasteiger partial charge in [-0.2, -0.15) is 11.3 Å². The van der Waals surface area contributed by atoms with Crippen molar-refractivity contribution >= 4 is 11.3 Å². The van der Waals surface area contributed by atoms with Crippen LogP contribution >= 0.6 is 11.3 Å². The molecule has 90 valence electrons. The highest BCUT2D eigenvalue weighted by Crippen LogP contribution is 2.37. The largest absolute Gasteiger partial charge is 0.387 e. The lowest BCUT2D eigenvalue weighted by atomic mass is 10.1. The number of aliphatic hydroxyl groups excluding tert-OH is 1. The summed E-state index contributed by atoms with van der Waals surface area (Å²) in [5.74, 6) is 0. The first-order chi connectivity index (χ1) is 8.34. The van der Waals surface area contributed by atoms with Crippen LogP contribution in [0.15, 0.2) is 29.4 Å². The third kappa shape index (κ3) is 2.42. The maximum Gasteiger partial charge on any atom is 0.0959 e. The van der Waals surface area contributed by atoms with E-state index in [4.69, 9.17) is 0 Å². The van der Waals surface area contributed by atoms with E-state index in [2.05, 4.69) is 26.4 Å². The van der Waals surface area contributed by atoms with Crippen molar-refractivity contribution in [3.05, 3.63) is 40.6 Å². The van der Waals surface area contributed by atoms with Crippen molar-refractivity contribution in [1.29, 1.82) is 0 Å². The maximum absolute atomic E-state index is 10.2. The third-order valence-electron chi connectivity index (χ3n) is 3.26. The number of imidazole rings is 1. The number of aliphatic hydroxyl groups is 1. The SMILES string of the molecule is OC(CCc1ccsc1)c1cncn1C1CC1. The van der Waals surface area contributed by atoms with Gasteiger partial charge in [-0.1, -0.05) is 0 Å². The zero-order valence-electron chi connectivity index (χ0n) is 9.62.